The highest BCUT2D eigenvalue weighted by Gasteiger charge is 2.53. The number of unbranched alkanes of at least 4 members (excludes halogenated alkanes) is 2. The lowest BCUT2D eigenvalue weighted by Crippen LogP contribution is -2.43. The van der Waals surface area contributed by atoms with Crippen molar-refractivity contribution in [2.75, 3.05) is 6.61 Å². The predicted molar refractivity (Wildman–Crippen MR) is 112 cm³/mol. The van der Waals surface area contributed by atoms with E-state index in [9.17, 15) is 28.8 Å². The number of hydrogen-bond donors (Lipinski definition) is 1. The van der Waals surface area contributed by atoms with Gasteiger partial charge in [0.05, 0.1) is 12.5 Å². The molecule has 9 heteroatoms. The number of carbonyl (C=O) groups is 1. The summed E-state index contributed by atoms with van der Waals surface area (Å²) in [5, 5.41) is 20.1. The van der Waals surface area contributed by atoms with Crippen molar-refractivity contribution in [3.63, 3.8) is 0 Å². The van der Waals surface area contributed by atoms with E-state index < -0.39 is 28.4 Å². The van der Waals surface area contributed by atoms with Crippen molar-refractivity contribution in [2.45, 2.75) is 76.7 Å². The van der Waals surface area contributed by atoms with Crippen LogP contribution in [0.3, 0.4) is 0 Å². The number of benzene rings is 1. The van der Waals surface area contributed by atoms with Crippen LogP contribution < -0.4 is 4.74 Å². The molecule has 1 aromatic carbocycles. The van der Waals surface area contributed by atoms with Gasteiger partial charge in [-0.3, -0.25) is 4.79 Å². The lowest BCUT2D eigenvalue weighted by atomic mass is 9.71. The Labute approximate surface area is 185 Å². The molecular weight excluding hydrogens is 424 g/mol. The summed E-state index contributed by atoms with van der Waals surface area (Å²) in [6, 6.07) is 2.94. The molecule has 3 rings (SSSR count). The molecule has 7 nitrogen and oxygen atoms in total. The Hall–Kier alpha value is -2.71. The number of rotatable bonds is 9. The summed E-state index contributed by atoms with van der Waals surface area (Å²) in [5.74, 6) is -1.91. The molecule has 0 spiro atoms. The van der Waals surface area contributed by atoms with Crippen LogP contribution in [0, 0.1) is 16.0 Å². The van der Waals surface area contributed by atoms with Gasteiger partial charge in [-0.1, -0.05) is 18.1 Å². The number of aromatic hydroxyl groups is 1. The molecule has 2 atom stereocenters. The van der Waals surface area contributed by atoms with Crippen molar-refractivity contribution in [1.29, 1.82) is 0 Å². The van der Waals surface area contributed by atoms with Crippen LogP contribution in [0.4, 0.5) is 8.78 Å². The molecule has 0 unspecified atom stereocenters. The summed E-state index contributed by atoms with van der Waals surface area (Å²) in [6.07, 6.45) is 0.802. The standard InChI is InChI=1S/C23H29F2NO6/c1-14-8-9-17-16(11-14)21-18(27)12-15(13-19(21)32-23(17,24)25)22(2,3)20(28)7-5-4-6-10-31-26(29)30/h8,12-13,16-17,27H,4-7,9-11H2,1-3H3/t16-,17-/m1/s1. The fourth-order valence-electron chi connectivity index (χ4n) is 4.57. The number of alkyl halides is 2. The van der Waals surface area contributed by atoms with Crippen molar-refractivity contribution in [3.8, 4) is 11.5 Å². The molecule has 1 N–H and O–H groups in total. The first-order valence-corrected chi connectivity index (χ1v) is 10.8. The molecule has 1 aliphatic heterocycles. The minimum absolute atomic E-state index is 0.0222. The summed E-state index contributed by atoms with van der Waals surface area (Å²) < 4.78 is 34.5. The number of carbonyl (C=O) groups excluding carboxylic acids is 1. The number of ketones is 1. The van der Waals surface area contributed by atoms with Gasteiger partial charge in [0, 0.05) is 23.3 Å². The molecule has 176 valence electrons. The van der Waals surface area contributed by atoms with Crippen LogP contribution in [0.2, 0.25) is 0 Å². The third-order valence-corrected chi connectivity index (χ3v) is 6.58. The molecule has 0 saturated carbocycles. The minimum Gasteiger partial charge on any atom is -0.508 e. The van der Waals surface area contributed by atoms with E-state index in [-0.39, 0.29) is 36.7 Å². The maximum Gasteiger partial charge on any atom is 0.401 e. The van der Waals surface area contributed by atoms with E-state index in [0.29, 0.717) is 36.8 Å². The van der Waals surface area contributed by atoms with Gasteiger partial charge in [-0.25, -0.2) is 0 Å². The molecule has 0 saturated heterocycles. The summed E-state index contributed by atoms with van der Waals surface area (Å²) in [6.45, 7) is 5.24. The van der Waals surface area contributed by atoms with E-state index in [1.807, 2.05) is 6.92 Å². The van der Waals surface area contributed by atoms with Gasteiger partial charge in [-0.2, -0.15) is 8.78 Å². The Balaban J connectivity index is 1.76. The molecule has 32 heavy (non-hydrogen) atoms. The average Bonchev–Trinajstić information content (AvgIpc) is 2.68. The molecule has 0 bridgehead atoms. The third kappa shape index (κ3) is 4.86. The largest absolute Gasteiger partial charge is 0.508 e. The zero-order valence-electron chi connectivity index (χ0n) is 18.5. The molecule has 1 aromatic rings. The maximum absolute atomic E-state index is 14.7. The van der Waals surface area contributed by atoms with Crippen molar-refractivity contribution in [1.82, 2.24) is 0 Å². The number of hydrogen-bond acceptors (Lipinski definition) is 6. The van der Waals surface area contributed by atoms with Crippen LogP contribution in [0.25, 0.3) is 0 Å². The highest BCUT2D eigenvalue weighted by Crippen LogP contribution is 2.55. The zero-order chi connectivity index (χ0) is 23.7. The predicted octanol–water partition coefficient (Wildman–Crippen LogP) is 5.43. The van der Waals surface area contributed by atoms with Crippen LogP contribution >= 0.6 is 0 Å². The first-order valence-electron chi connectivity index (χ1n) is 10.8. The SMILES string of the molecule is CC1=CC[C@@H]2[C@@H](C1)c1c(O)cc(C(C)(C)C(=O)CCCCCO[N+](=O)[O-])cc1OC2(F)F. The number of halogens is 2. The second kappa shape index (κ2) is 9.03. The monoisotopic (exact) mass is 453 g/mol. The van der Waals surface area contributed by atoms with Crippen molar-refractivity contribution in [3.05, 3.63) is 45.0 Å². The normalized spacial score (nSPS) is 21.6. The van der Waals surface area contributed by atoms with Gasteiger partial charge < -0.3 is 14.7 Å². The first kappa shape index (κ1) is 23.9. The molecule has 0 fully saturated rings. The van der Waals surface area contributed by atoms with Crippen molar-refractivity contribution in [2.24, 2.45) is 5.92 Å². The van der Waals surface area contributed by atoms with Crippen LogP contribution in [0.1, 0.15) is 76.3 Å². The van der Waals surface area contributed by atoms with Gasteiger partial charge in [-0.05, 0) is 64.2 Å². The van der Waals surface area contributed by atoms with Gasteiger partial charge in [0.2, 0.25) is 0 Å². The molecule has 1 heterocycles. The van der Waals surface area contributed by atoms with Gasteiger partial charge >= 0.3 is 6.11 Å². The molecule has 0 radical (unpaired) electrons. The second-order valence-electron chi connectivity index (χ2n) is 9.19. The van der Waals surface area contributed by atoms with E-state index in [4.69, 9.17) is 4.74 Å². The Morgan fingerprint density at radius 3 is 2.75 bits per heavy atom. The average molecular weight is 453 g/mol. The highest BCUT2D eigenvalue weighted by molar-refractivity contribution is 5.89. The Morgan fingerprint density at radius 1 is 1.34 bits per heavy atom. The Bertz CT molecular complexity index is 927. The molecule has 0 aromatic heterocycles. The van der Waals surface area contributed by atoms with Crippen LogP contribution in [-0.4, -0.2) is 28.7 Å². The lowest BCUT2D eigenvalue weighted by Gasteiger charge is -2.41. The fraction of sp³-hybridized carbons (Fsp3) is 0.609. The zero-order valence-corrected chi connectivity index (χ0v) is 18.5. The first-order chi connectivity index (χ1) is 14.9. The quantitative estimate of drug-likeness (QED) is 0.232. The minimum atomic E-state index is -3.36. The van der Waals surface area contributed by atoms with E-state index in [2.05, 4.69) is 4.84 Å². The van der Waals surface area contributed by atoms with Gasteiger partial charge in [0.15, 0.2) is 0 Å². The Morgan fingerprint density at radius 2 is 2.06 bits per heavy atom. The van der Waals surface area contributed by atoms with E-state index in [1.165, 1.54) is 12.1 Å². The van der Waals surface area contributed by atoms with Crippen LogP contribution in [0.5, 0.6) is 11.5 Å². The summed E-state index contributed by atoms with van der Waals surface area (Å²) in [4.78, 5) is 27.3. The Kier molecular flexibility index (Phi) is 6.76. The van der Waals surface area contributed by atoms with Crippen LogP contribution in [-0.2, 0) is 15.0 Å². The molecule has 0 amide bonds. The summed E-state index contributed by atoms with van der Waals surface area (Å²) in [7, 11) is 0. The van der Waals surface area contributed by atoms with Crippen molar-refractivity contribution >= 4 is 5.78 Å². The molecule has 1 aliphatic carbocycles. The number of phenolic OH excluding ortho intramolecular Hbond substituents is 1. The summed E-state index contributed by atoms with van der Waals surface area (Å²) in [5.41, 5.74) is 0.762. The number of fused-ring (bicyclic) bond motifs is 3. The number of allylic oxidation sites excluding steroid dienone is 2. The van der Waals surface area contributed by atoms with Crippen molar-refractivity contribution < 1.29 is 33.3 Å². The topological polar surface area (TPSA) is 98.9 Å². The van der Waals surface area contributed by atoms with E-state index >= 15 is 0 Å². The molecule has 2 aliphatic rings. The van der Waals surface area contributed by atoms with Gasteiger partial charge in [0.1, 0.15) is 17.3 Å². The highest BCUT2D eigenvalue weighted by atomic mass is 19.3. The second-order valence-corrected chi connectivity index (χ2v) is 9.19. The smallest absolute Gasteiger partial charge is 0.401 e. The summed E-state index contributed by atoms with van der Waals surface area (Å²) >= 11 is 0. The van der Waals surface area contributed by atoms with E-state index in [0.717, 1.165) is 5.57 Å². The van der Waals surface area contributed by atoms with E-state index in [1.54, 1.807) is 19.9 Å². The fourth-order valence-corrected chi connectivity index (χ4v) is 4.57. The number of phenols is 1. The molecular formula is C23H29F2NO6. The number of Topliss-reactive ketones (excluding diaryl/α,β-unsaturated/α-hetero) is 1. The van der Waals surface area contributed by atoms with Crippen LogP contribution in [0.15, 0.2) is 23.8 Å². The third-order valence-electron chi connectivity index (χ3n) is 6.58. The number of ether oxygens (including phenoxy) is 1. The number of nitrogens with zero attached hydrogens (tertiary/aromatic N) is 1. The van der Waals surface area contributed by atoms with Gasteiger partial charge in [-0.15, -0.1) is 10.1 Å². The van der Waals surface area contributed by atoms with Gasteiger partial charge in [0.25, 0.3) is 5.09 Å². The lowest BCUT2D eigenvalue weighted by molar-refractivity contribution is -0.757. The maximum atomic E-state index is 14.7.